The van der Waals surface area contributed by atoms with Crippen molar-refractivity contribution in [3.05, 3.63) is 24.3 Å². The van der Waals surface area contributed by atoms with Gasteiger partial charge < -0.3 is 0 Å². The van der Waals surface area contributed by atoms with E-state index >= 15 is 0 Å². The number of nitrogens with zero attached hydrogens (tertiary/aromatic N) is 1. The number of rotatable bonds is 2. The van der Waals surface area contributed by atoms with Gasteiger partial charge in [-0.05, 0) is 42.5 Å². The van der Waals surface area contributed by atoms with Crippen molar-refractivity contribution in [2.24, 2.45) is 21.9 Å². The highest BCUT2D eigenvalue weighted by Crippen LogP contribution is 2.60. The van der Waals surface area contributed by atoms with Crippen LogP contribution in [0.25, 0.3) is 0 Å². The SMILES string of the molecule is CC12CCC(C(=O)N(c3ccc(S(N)(=O)=O)cc3)C1=O)C2(C)C. The van der Waals surface area contributed by atoms with Crippen LogP contribution in [0.4, 0.5) is 5.69 Å². The molecule has 1 heterocycles. The van der Waals surface area contributed by atoms with Crippen LogP contribution in [0.15, 0.2) is 29.2 Å². The number of sulfonamides is 1. The van der Waals surface area contributed by atoms with Crippen molar-refractivity contribution in [1.82, 2.24) is 0 Å². The molecule has 1 saturated carbocycles. The van der Waals surface area contributed by atoms with Gasteiger partial charge in [-0.1, -0.05) is 20.8 Å². The number of anilines is 1. The number of carbonyl (C=O) groups excluding carboxylic acids is 2. The highest BCUT2D eigenvalue weighted by Gasteiger charge is 2.64. The predicted molar refractivity (Wildman–Crippen MR) is 84.9 cm³/mol. The van der Waals surface area contributed by atoms with E-state index in [2.05, 4.69) is 0 Å². The largest absolute Gasteiger partial charge is 0.274 e. The Kier molecular flexibility index (Phi) is 3.26. The van der Waals surface area contributed by atoms with E-state index in [-0.39, 0.29) is 28.0 Å². The summed E-state index contributed by atoms with van der Waals surface area (Å²) in [6, 6.07) is 5.54. The number of fused-ring (bicyclic) bond motifs is 2. The zero-order valence-corrected chi connectivity index (χ0v) is 14.2. The van der Waals surface area contributed by atoms with Gasteiger partial charge in [-0.25, -0.2) is 18.5 Å². The summed E-state index contributed by atoms with van der Waals surface area (Å²) in [6.07, 6.45) is 1.38. The Morgan fingerprint density at radius 2 is 1.70 bits per heavy atom. The molecule has 23 heavy (non-hydrogen) atoms. The molecule has 1 aliphatic carbocycles. The summed E-state index contributed by atoms with van der Waals surface area (Å²) in [5, 5.41) is 5.08. The lowest BCUT2D eigenvalue weighted by molar-refractivity contribution is -0.146. The van der Waals surface area contributed by atoms with Gasteiger partial charge in [0.2, 0.25) is 21.8 Å². The van der Waals surface area contributed by atoms with Crippen molar-refractivity contribution in [2.75, 3.05) is 4.90 Å². The lowest BCUT2D eigenvalue weighted by atomic mass is 9.62. The van der Waals surface area contributed by atoms with Crippen molar-refractivity contribution in [3.8, 4) is 0 Å². The number of benzene rings is 1. The van der Waals surface area contributed by atoms with Gasteiger partial charge in [-0.3, -0.25) is 9.59 Å². The number of piperidine rings is 1. The van der Waals surface area contributed by atoms with Gasteiger partial charge in [0.1, 0.15) is 0 Å². The molecule has 1 aromatic carbocycles. The van der Waals surface area contributed by atoms with Crippen LogP contribution in [-0.2, 0) is 19.6 Å². The monoisotopic (exact) mass is 336 g/mol. The van der Waals surface area contributed by atoms with E-state index in [0.29, 0.717) is 18.5 Å². The van der Waals surface area contributed by atoms with Crippen molar-refractivity contribution >= 4 is 27.5 Å². The molecular formula is C16H20N2O4S. The summed E-state index contributed by atoms with van der Waals surface area (Å²) < 4.78 is 22.7. The first-order valence-electron chi connectivity index (χ1n) is 7.51. The molecule has 124 valence electrons. The second kappa shape index (κ2) is 4.64. The Labute approximate surface area is 135 Å². The van der Waals surface area contributed by atoms with Crippen LogP contribution < -0.4 is 10.0 Å². The Morgan fingerprint density at radius 3 is 2.22 bits per heavy atom. The lowest BCUT2D eigenvalue weighted by Crippen LogP contribution is -2.59. The van der Waals surface area contributed by atoms with Gasteiger partial charge in [-0.15, -0.1) is 0 Å². The van der Waals surface area contributed by atoms with Crippen LogP contribution in [0, 0.1) is 16.7 Å². The number of nitrogens with two attached hydrogens (primary N) is 1. The van der Waals surface area contributed by atoms with E-state index in [4.69, 9.17) is 5.14 Å². The van der Waals surface area contributed by atoms with E-state index in [1.54, 1.807) is 0 Å². The first-order valence-corrected chi connectivity index (χ1v) is 9.06. The lowest BCUT2D eigenvalue weighted by Gasteiger charge is -2.47. The van der Waals surface area contributed by atoms with Crippen LogP contribution in [0.1, 0.15) is 33.6 Å². The molecule has 0 spiro atoms. The Hall–Kier alpha value is -1.73. The van der Waals surface area contributed by atoms with Gasteiger partial charge in [0, 0.05) is 5.92 Å². The third-order valence-corrected chi connectivity index (χ3v) is 6.77. The molecular weight excluding hydrogens is 316 g/mol. The van der Waals surface area contributed by atoms with Gasteiger partial charge in [0.05, 0.1) is 16.0 Å². The van der Waals surface area contributed by atoms with E-state index < -0.39 is 15.4 Å². The number of carbonyl (C=O) groups is 2. The molecule has 2 atom stereocenters. The third kappa shape index (κ3) is 2.06. The maximum absolute atomic E-state index is 13.0. The van der Waals surface area contributed by atoms with E-state index in [0.717, 1.165) is 0 Å². The highest BCUT2D eigenvalue weighted by atomic mass is 32.2. The molecule has 3 rings (SSSR count). The van der Waals surface area contributed by atoms with Crippen molar-refractivity contribution in [1.29, 1.82) is 0 Å². The number of amides is 2. The maximum atomic E-state index is 13.0. The van der Waals surface area contributed by atoms with Crippen molar-refractivity contribution in [3.63, 3.8) is 0 Å². The zero-order chi connectivity index (χ0) is 17.2. The second-order valence-corrected chi connectivity index (χ2v) is 8.72. The fourth-order valence-corrected chi connectivity index (χ4v) is 4.36. The number of imide groups is 1. The van der Waals surface area contributed by atoms with E-state index in [1.807, 2.05) is 20.8 Å². The molecule has 1 aliphatic heterocycles. The molecule has 2 fully saturated rings. The molecule has 1 aromatic rings. The summed E-state index contributed by atoms with van der Waals surface area (Å²) >= 11 is 0. The Bertz CT molecular complexity index is 798. The van der Waals surface area contributed by atoms with Gasteiger partial charge in [0.25, 0.3) is 0 Å². The van der Waals surface area contributed by atoms with Gasteiger partial charge in [-0.2, -0.15) is 0 Å². The maximum Gasteiger partial charge on any atom is 0.240 e. The van der Waals surface area contributed by atoms with Gasteiger partial charge in [0.15, 0.2) is 0 Å². The first-order chi connectivity index (χ1) is 10.5. The zero-order valence-electron chi connectivity index (χ0n) is 13.4. The van der Waals surface area contributed by atoms with Crippen LogP contribution in [-0.4, -0.2) is 20.2 Å². The quantitative estimate of drug-likeness (QED) is 0.830. The fourth-order valence-electron chi connectivity index (χ4n) is 3.85. The van der Waals surface area contributed by atoms with Crippen LogP contribution in [0.3, 0.4) is 0 Å². The average Bonchev–Trinajstić information content (AvgIpc) is 2.63. The third-order valence-electron chi connectivity index (χ3n) is 5.84. The summed E-state index contributed by atoms with van der Waals surface area (Å²) in [5.41, 5.74) is -0.580. The molecule has 1 saturated heterocycles. The van der Waals surface area contributed by atoms with Crippen molar-refractivity contribution < 1.29 is 18.0 Å². The average molecular weight is 336 g/mol. The second-order valence-electron chi connectivity index (χ2n) is 7.16. The van der Waals surface area contributed by atoms with Gasteiger partial charge >= 0.3 is 0 Å². The molecule has 2 N–H and O–H groups in total. The molecule has 7 heteroatoms. The Morgan fingerprint density at radius 1 is 1.13 bits per heavy atom. The van der Waals surface area contributed by atoms with Crippen molar-refractivity contribution in [2.45, 2.75) is 38.5 Å². The number of hydrogen-bond acceptors (Lipinski definition) is 4. The Balaban J connectivity index is 2.05. The molecule has 2 aliphatic rings. The summed E-state index contributed by atoms with van der Waals surface area (Å²) in [7, 11) is -3.81. The summed E-state index contributed by atoms with van der Waals surface area (Å²) in [4.78, 5) is 26.9. The molecule has 2 amide bonds. The summed E-state index contributed by atoms with van der Waals surface area (Å²) in [6.45, 7) is 5.86. The predicted octanol–water partition coefficient (Wildman–Crippen LogP) is 1.65. The standard InChI is InChI=1S/C16H20N2O4S/c1-15(2)12-8-9-16(15,3)14(20)18(13(12)19)10-4-6-11(7-5-10)23(17,21)22/h4-7,12H,8-9H2,1-3H3,(H2,17,21,22). The number of primary sulfonamides is 1. The summed E-state index contributed by atoms with van der Waals surface area (Å²) in [5.74, 6) is -0.633. The molecule has 0 aromatic heterocycles. The van der Waals surface area contributed by atoms with E-state index in [1.165, 1.54) is 29.2 Å². The molecule has 2 unspecified atom stereocenters. The highest BCUT2D eigenvalue weighted by molar-refractivity contribution is 7.89. The van der Waals surface area contributed by atoms with E-state index in [9.17, 15) is 18.0 Å². The van der Waals surface area contributed by atoms with Crippen LogP contribution in [0.2, 0.25) is 0 Å². The fraction of sp³-hybridized carbons (Fsp3) is 0.500. The van der Waals surface area contributed by atoms with Crippen LogP contribution >= 0.6 is 0 Å². The first kappa shape index (κ1) is 16.1. The normalized spacial score (nSPS) is 29.9. The molecule has 2 bridgehead atoms. The minimum atomic E-state index is -3.81. The number of hydrogen-bond donors (Lipinski definition) is 1. The topological polar surface area (TPSA) is 97.5 Å². The molecule has 0 radical (unpaired) electrons. The molecule has 6 nitrogen and oxygen atoms in total. The minimum Gasteiger partial charge on any atom is -0.274 e. The smallest absolute Gasteiger partial charge is 0.240 e. The van der Waals surface area contributed by atoms with Crippen LogP contribution in [0.5, 0.6) is 0 Å². The minimum absolute atomic E-state index is 0.0485.